The molecule has 0 saturated heterocycles. The van der Waals surface area contributed by atoms with Crippen LogP contribution in [0.25, 0.3) is 5.69 Å². The van der Waals surface area contributed by atoms with Gasteiger partial charge < -0.3 is 0 Å². The van der Waals surface area contributed by atoms with Crippen molar-refractivity contribution in [3.63, 3.8) is 0 Å². The van der Waals surface area contributed by atoms with Crippen LogP contribution in [0, 0.1) is 34.9 Å². The van der Waals surface area contributed by atoms with E-state index in [2.05, 4.69) is 15.5 Å². The van der Waals surface area contributed by atoms with Crippen LogP contribution in [0.15, 0.2) is 29.4 Å². The van der Waals surface area contributed by atoms with E-state index in [0.29, 0.717) is 0 Å². The molecule has 0 spiro atoms. The van der Waals surface area contributed by atoms with Crippen LogP contribution in [0.2, 0.25) is 0 Å². The molecule has 1 aromatic heterocycles. The van der Waals surface area contributed by atoms with Crippen molar-refractivity contribution >= 4 is 15.7 Å². The number of hydrogen-bond donors (Lipinski definition) is 1. The van der Waals surface area contributed by atoms with Gasteiger partial charge in [0.2, 0.25) is 5.82 Å². The molecule has 0 atom stereocenters. The van der Waals surface area contributed by atoms with Crippen LogP contribution in [0.5, 0.6) is 0 Å². The molecule has 0 aliphatic heterocycles. The van der Waals surface area contributed by atoms with E-state index < -0.39 is 55.5 Å². The molecule has 0 aliphatic rings. The third-order valence-corrected chi connectivity index (χ3v) is 4.63. The van der Waals surface area contributed by atoms with Crippen molar-refractivity contribution in [2.75, 3.05) is 4.72 Å². The normalized spacial score (nSPS) is 11.6. The van der Waals surface area contributed by atoms with Crippen LogP contribution >= 0.6 is 0 Å². The Bertz CT molecular complexity index is 1110. The van der Waals surface area contributed by atoms with Crippen molar-refractivity contribution in [3.8, 4) is 5.69 Å². The predicted molar refractivity (Wildman–Crippen MR) is 76.2 cm³/mol. The SMILES string of the molecule is O=S(=O)(Nc1cc(-n2cnnn2)ccc1F)c1c(F)c(F)c(F)c(F)c1F. The molecule has 0 unspecified atom stereocenters. The smallest absolute Gasteiger partial charge is 0.268 e. The highest BCUT2D eigenvalue weighted by atomic mass is 32.2. The number of nitrogens with zero attached hydrogens (tertiary/aromatic N) is 4. The van der Waals surface area contributed by atoms with Crippen LogP contribution < -0.4 is 4.72 Å². The lowest BCUT2D eigenvalue weighted by atomic mass is 10.3. The van der Waals surface area contributed by atoms with Crippen LogP contribution in [0.1, 0.15) is 0 Å². The van der Waals surface area contributed by atoms with Gasteiger partial charge in [-0.15, -0.1) is 5.10 Å². The third kappa shape index (κ3) is 3.18. The molecular weight excluding hydrogens is 404 g/mol. The Kier molecular flexibility index (Phi) is 4.51. The third-order valence-electron chi connectivity index (χ3n) is 3.25. The number of nitrogens with one attached hydrogen (secondary N) is 1. The zero-order valence-corrected chi connectivity index (χ0v) is 13.4. The van der Waals surface area contributed by atoms with Crippen molar-refractivity contribution in [1.29, 1.82) is 0 Å². The second-order valence-electron chi connectivity index (χ2n) is 4.92. The minimum atomic E-state index is -5.39. The number of aromatic nitrogens is 4. The molecule has 27 heavy (non-hydrogen) atoms. The fourth-order valence-electron chi connectivity index (χ4n) is 2.03. The van der Waals surface area contributed by atoms with Crippen molar-refractivity contribution < 1.29 is 34.8 Å². The van der Waals surface area contributed by atoms with Gasteiger partial charge in [0.15, 0.2) is 28.2 Å². The first kappa shape index (κ1) is 18.6. The highest BCUT2D eigenvalue weighted by molar-refractivity contribution is 7.92. The largest absolute Gasteiger partial charge is 0.276 e. The standard InChI is InChI=1S/C13H5F6N5O2S/c14-6-2-1-5(24-4-20-22-23-24)3-7(6)21-27(25,26)13-11(18)9(16)8(15)10(17)12(13)19/h1-4,21H. The summed E-state index contributed by atoms with van der Waals surface area (Å²) in [6, 6.07) is 2.75. The zero-order chi connectivity index (χ0) is 19.9. The Morgan fingerprint density at radius 3 is 2.04 bits per heavy atom. The summed E-state index contributed by atoms with van der Waals surface area (Å²) >= 11 is 0. The lowest BCUT2D eigenvalue weighted by Gasteiger charge is -2.12. The highest BCUT2D eigenvalue weighted by Crippen LogP contribution is 2.29. The number of hydrogen-bond acceptors (Lipinski definition) is 5. The summed E-state index contributed by atoms with van der Waals surface area (Å²) in [6.45, 7) is 0. The van der Waals surface area contributed by atoms with Gasteiger partial charge in [-0.3, -0.25) is 4.72 Å². The molecule has 0 amide bonds. The summed E-state index contributed by atoms with van der Waals surface area (Å²) in [6.07, 6.45) is 1.08. The first-order valence-electron chi connectivity index (χ1n) is 6.70. The topological polar surface area (TPSA) is 89.8 Å². The Morgan fingerprint density at radius 2 is 1.48 bits per heavy atom. The number of benzene rings is 2. The average Bonchev–Trinajstić information content (AvgIpc) is 3.14. The van der Waals surface area contributed by atoms with Crippen LogP contribution in [0.3, 0.4) is 0 Å². The van der Waals surface area contributed by atoms with E-state index in [-0.39, 0.29) is 5.69 Å². The van der Waals surface area contributed by atoms with Crippen molar-refractivity contribution in [3.05, 3.63) is 59.4 Å². The number of anilines is 1. The Balaban J connectivity index is 2.10. The molecule has 14 heteroatoms. The fraction of sp³-hybridized carbons (Fsp3) is 0. The second-order valence-corrected chi connectivity index (χ2v) is 6.54. The Labute approximate surface area is 146 Å². The van der Waals surface area contributed by atoms with E-state index in [9.17, 15) is 34.8 Å². The Hall–Kier alpha value is -3.16. The number of rotatable bonds is 4. The summed E-state index contributed by atoms with van der Waals surface area (Å²) in [7, 11) is -5.39. The Morgan fingerprint density at radius 1 is 0.889 bits per heavy atom. The maximum absolute atomic E-state index is 13.9. The van der Waals surface area contributed by atoms with Crippen LogP contribution in [-0.2, 0) is 10.0 Å². The lowest BCUT2D eigenvalue weighted by Crippen LogP contribution is -2.20. The van der Waals surface area contributed by atoms with Gasteiger partial charge in [0, 0.05) is 0 Å². The number of tetrazole rings is 1. The molecule has 3 aromatic rings. The summed E-state index contributed by atoms with van der Waals surface area (Å²) in [5.41, 5.74) is -0.802. The van der Waals surface area contributed by atoms with E-state index >= 15 is 0 Å². The average molecular weight is 409 g/mol. The molecule has 0 saturated carbocycles. The van der Waals surface area contributed by atoms with Gasteiger partial charge in [0.05, 0.1) is 11.4 Å². The predicted octanol–water partition coefficient (Wildman–Crippen LogP) is 2.30. The first-order chi connectivity index (χ1) is 12.6. The maximum atomic E-state index is 13.9. The van der Waals surface area contributed by atoms with E-state index in [4.69, 9.17) is 0 Å². The van der Waals surface area contributed by atoms with Crippen molar-refractivity contribution in [2.24, 2.45) is 0 Å². The van der Waals surface area contributed by atoms with Gasteiger partial charge in [-0.05, 0) is 28.6 Å². The van der Waals surface area contributed by atoms with Crippen molar-refractivity contribution in [1.82, 2.24) is 20.2 Å². The second kappa shape index (κ2) is 6.53. The molecule has 142 valence electrons. The van der Waals surface area contributed by atoms with Gasteiger partial charge in [0.1, 0.15) is 12.1 Å². The van der Waals surface area contributed by atoms with Gasteiger partial charge in [-0.25, -0.2) is 39.4 Å². The van der Waals surface area contributed by atoms with Gasteiger partial charge >= 0.3 is 0 Å². The van der Waals surface area contributed by atoms with Gasteiger partial charge in [-0.2, -0.15) is 0 Å². The first-order valence-corrected chi connectivity index (χ1v) is 8.19. The minimum absolute atomic E-state index is 0.0384. The number of sulfonamides is 1. The quantitative estimate of drug-likeness (QED) is 0.406. The summed E-state index contributed by atoms with van der Waals surface area (Å²) in [5, 5.41) is 10.1. The van der Waals surface area contributed by atoms with E-state index in [1.807, 2.05) is 0 Å². The molecule has 7 nitrogen and oxygen atoms in total. The van der Waals surface area contributed by atoms with Gasteiger partial charge in [-0.1, -0.05) is 0 Å². The molecule has 0 aliphatic carbocycles. The summed E-state index contributed by atoms with van der Waals surface area (Å²) < 4.78 is 108. The van der Waals surface area contributed by atoms with E-state index in [1.165, 1.54) is 4.72 Å². The monoisotopic (exact) mass is 409 g/mol. The number of halogens is 6. The fourth-order valence-corrected chi connectivity index (χ4v) is 3.23. The molecule has 0 bridgehead atoms. The van der Waals surface area contributed by atoms with Crippen molar-refractivity contribution in [2.45, 2.75) is 4.90 Å². The lowest BCUT2D eigenvalue weighted by molar-refractivity contribution is 0.358. The summed E-state index contributed by atoms with van der Waals surface area (Å²) in [4.78, 5) is -2.15. The molecule has 0 radical (unpaired) electrons. The molecule has 1 N–H and O–H groups in total. The van der Waals surface area contributed by atoms with E-state index in [1.54, 1.807) is 0 Å². The minimum Gasteiger partial charge on any atom is -0.276 e. The zero-order valence-electron chi connectivity index (χ0n) is 12.6. The van der Waals surface area contributed by atoms with Gasteiger partial charge in [0.25, 0.3) is 10.0 Å². The van der Waals surface area contributed by atoms with Crippen LogP contribution in [-0.4, -0.2) is 28.6 Å². The van der Waals surface area contributed by atoms with E-state index in [0.717, 1.165) is 29.2 Å². The molecule has 2 aromatic carbocycles. The molecule has 3 rings (SSSR count). The summed E-state index contributed by atoms with van der Waals surface area (Å²) in [5.74, 6) is -13.8. The van der Waals surface area contributed by atoms with Crippen LogP contribution in [0.4, 0.5) is 32.0 Å². The molecule has 1 heterocycles. The maximum Gasteiger partial charge on any atom is 0.268 e. The molecule has 0 fully saturated rings. The molecular formula is C13H5F6N5O2S. The highest BCUT2D eigenvalue weighted by Gasteiger charge is 2.34.